The summed E-state index contributed by atoms with van der Waals surface area (Å²) >= 11 is 0. The molecule has 0 saturated carbocycles. The average Bonchev–Trinajstić information content (AvgIpc) is 2.95. The average molecular weight is 275 g/mol. The normalized spacial score (nSPS) is 12.2. The van der Waals surface area contributed by atoms with Crippen molar-refractivity contribution in [1.82, 2.24) is 4.57 Å². The number of aromatic nitrogens is 1. The fourth-order valence-electron chi connectivity index (χ4n) is 2.08. The lowest BCUT2D eigenvalue weighted by Crippen LogP contribution is -2.24. The second-order valence-electron chi connectivity index (χ2n) is 4.47. The summed E-state index contributed by atoms with van der Waals surface area (Å²) in [6.07, 6.45) is 1.98. The summed E-state index contributed by atoms with van der Waals surface area (Å²) in [5.74, 6) is 1.48. The monoisotopic (exact) mass is 275 g/mol. The summed E-state index contributed by atoms with van der Waals surface area (Å²) in [4.78, 5) is 0. The van der Waals surface area contributed by atoms with E-state index < -0.39 is 0 Å². The van der Waals surface area contributed by atoms with Crippen molar-refractivity contribution in [1.29, 1.82) is 0 Å². The highest BCUT2D eigenvalue weighted by Crippen LogP contribution is 2.25. The van der Waals surface area contributed by atoms with Crippen molar-refractivity contribution in [3.8, 4) is 11.5 Å². The standard InChI is InChI=1S/C15H21N3O2/c1-19-14-6-2-3-7-15(14)20-10-9-18-8-4-5-13(18)12(17)11-16/h2-8,12H,9-11,16-17H2,1H3. The molecule has 1 unspecified atom stereocenters. The van der Waals surface area contributed by atoms with Crippen LogP contribution in [0.5, 0.6) is 11.5 Å². The smallest absolute Gasteiger partial charge is 0.161 e. The third-order valence-electron chi connectivity index (χ3n) is 3.16. The van der Waals surface area contributed by atoms with Gasteiger partial charge in [0.05, 0.1) is 19.7 Å². The predicted octanol–water partition coefficient (Wildman–Crippen LogP) is 1.53. The van der Waals surface area contributed by atoms with Crippen LogP contribution in [-0.2, 0) is 6.54 Å². The molecule has 0 aliphatic rings. The Bertz CT molecular complexity index is 539. The molecule has 108 valence electrons. The van der Waals surface area contributed by atoms with E-state index in [4.69, 9.17) is 20.9 Å². The zero-order valence-corrected chi connectivity index (χ0v) is 11.7. The molecule has 0 bridgehead atoms. The van der Waals surface area contributed by atoms with Crippen molar-refractivity contribution < 1.29 is 9.47 Å². The van der Waals surface area contributed by atoms with Crippen molar-refractivity contribution >= 4 is 0 Å². The Morgan fingerprint density at radius 1 is 1.15 bits per heavy atom. The number of para-hydroxylation sites is 2. The largest absolute Gasteiger partial charge is 0.493 e. The summed E-state index contributed by atoms with van der Waals surface area (Å²) in [5.41, 5.74) is 12.6. The van der Waals surface area contributed by atoms with Gasteiger partial charge in [-0.15, -0.1) is 0 Å². The Morgan fingerprint density at radius 2 is 1.90 bits per heavy atom. The number of rotatable bonds is 7. The highest BCUT2D eigenvalue weighted by Gasteiger charge is 2.09. The highest BCUT2D eigenvalue weighted by molar-refractivity contribution is 5.39. The maximum Gasteiger partial charge on any atom is 0.161 e. The molecule has 0 aliphatic heterocycles. The maximum absolute atomic E-state index is 5.96. The number of nitrogens with two attached hydrogens (primary N) is 2. The molecule has 2 aromatic rings. The van der Waals surface area contributed by atoms with Gasteiger partial charge >= 0.3 is 0 Å². The quantitative estimate of drug-likeness (QED) is 0.803. The number of hydrogen-bond donors (Lipinski definition) is 2. The van der Waals surface area contributed by atoms with Crippen LogP contribution in [0.25, 0.3) is 0 Å². The second kappa shape index (κ2) is 6.98. The third-order valence-corrected chi connectivity index (χ3v) is 3.16. The zero-order valence-electron chi connectivity index (χ0n) is 11.7. The van der Waals surface area contributed by atoms with Crippen molar-refractivity contribution in [2.24, 2.45) is 11.5 Å². The van der Waals surface area contributed by atoms with Crippen LogP contribution in [0.3, 0.4) is 0 Å². The minimum Gasteiger partial charge on any atom is -0.493 e. The van der Waals surface area contributed by atoms with Gasteiger partial charge in [0.1, 0.15) is 6.61 Å². The van der Waals surface area contributed by atoms with Crippen molar-refractivity contribution in [2.45, 2.75) is 12.6 Å². The van der Waals surface area contributed by atoms with E-state index in [1.807, 2.05) is 42.6 Å². The summed E-state index contributed by atoms with van der Waals surface area (Å²) in [7, 11) is 1.63. The van der Waals surface area contributed by atoms with Crippen LogP contribution in [0, 0.1) is 0 Å². The van der Waals surface area contributed by atoms with E-state index in [2.05, 4.69) is 4.57 Å². The van der Waals surface area contributed by atoms with Crippen LogP contribution < -0.4 is 20.9 Å². The first kappa shape index (κ1) is 14.4. The van der Waals surface area contributed by atoms with E-state index in [-0.39, 0.29) is 6.04 Å². The van der Waals surface area contributed by atoms with Crippen LogP contribution in [0.1, 0.15) is 11.7 Å². The van der Waals surface area contributed by atoms with Crippen molar-refractivity contribution in [3.05, 3.63) is 48.3 Å². The molecular formula is C15H21N3O2. The molecule has 0 spiro atoms. The van der Waals surface area contributed by atoms with Gasteiger partial charge in [0.25, 0.3) is 0 Å². The Hall–Kier alpha value is -1.98. The van der Waals surface area contributed by atoms with Gasteiger partial charge in [-0.2, -0.15) is 0 Å². The second-order valence-corrected chi connectivity index (χ2v) is 4.47. The molecule has 1 aromatic carbocycles. The maximum atomic E-state index is 5.96. The van der Waals surface area contributed by atoms with Gasteiger partial charge in [0, 0.05) is 18.4 Å². The first-order valence-electron chi connectivity index (χ1n) is 6.62. The molecule has 1 aromatic heterocycles. The van der Waals surface area contributed by atoms with Gasteiger partial charge in [-0.25, -0.2) is 0 Å². The Balaban J connectivity index is 1.95. The SMILES string of the molecule is COc1ccccc1OCCn1cccc1C(N)CN. The highest BCUT2D eigenvalue weighted by atomic mass is 16.5. The van der Waals surface area contributed by atoms with Gasteiger partial charge in [-0.3, -0.25) is 0 Å². The number of ether oxygens (including phenoxy) is 2. The number of methoxy groups -OCH3 is 1. The van der Waals surface area contributed by atoms with Crippen LogP contribution in [0.15, 0.2) is 42.6 Å². The minimum atomic E-state index is -0.142. The molecule has 4 N–H and O–H groups in total. The Labute approximate surface area is 119 Å². The topological polar surface area (TPSA) is 75.4 Å². The summed E-state index contributed by atoms with van der Waals surface area (Å²) in [6, 6.07) is 11.4. The van der Waals surface area contributed by atoms with E-state index in [1.165, 1.54) is 0 Å². The molecule has 5 nitrogen and oxygen atoms in total. The Kier molecular flexibility index (Phi) is 5.03. The van der Waals surface area contributed by atoms with Gasteiger partial charge in [0.15, 0.2) is 11.5 Å². The number of benzene rings is 1. The van der Waals surface area contributed by atoms with Crippen molar-refractivity contribution in [3.63, 3.8) is 0 Å². The lowest BCUT2D eigenvalue weighted by atomic mass is 10.2. The van der Waals surface area contributed by atoms with E-state index in [1.54, 1.807) is 7.11 Å². The molecule has 5 heteroatoms. The Morgan fingerprint density at radius 3 is 2.60 bits per heavy atom. The van der Waals surface area contributed by atoms with Crippen LogP contribution in [0.4, 0.5) is 0 Å². The van der Waals surface area contributed by atoms with Gasteiger partial charge in [-0.05, 0) is 24.3 Å². The molecule has 0 aliphatic carbocycles. The molecule has 2 rings (SSSR count). The van der Waals surface area contributed by atoms with Gasteiger partial charge < -0.3 is 25.5 Å². The molecule has 20 heavy (non-hydrogen) atoms. The minimum absolute atomic E-state index is 0.142. The molecule has 1 heterocycles. The molecule has 0 saturated heterocycles. The van der Waals surface area contributed by atoms with E-state index in [0.29, 0.717) is 19.7 Å². The fourth-order valence-corrected chi connectivity index (χ4v) is 2.08. The van der Waals surface area contributed by atoms with Crippen LogP contribution in [0.2, 0.25) is 0 Å². The van der Waals surface area contributed by atoms with Crippen LogP contribution in [-0.4, -0.2) is 24.8 Å². The molecular weight excluding hydrogens is 254 g/mol. The third kappa shape index (κ3) is 3.31. The van der Waals surface area contributed by atoms with E-state index in [0.717, 1.165) is 17.2 Å². The lowest BCUT2D eigenvalue weighted by Gasteiger charge is -2.15. The fraction of sp³-hybridized carbons (Fsp3) is 0.333. The summed E-state index contributed by atoms with van der Waals surface area (Å²) < 4.78 is 13.1. The van der Waals surface area contributed by atoms with Crippen LogP contribution >= 0.6 is 0 Å². The molecule has 0 radical (unpaired) electrons. The van der Waals surface area contributed by atoms with E-state index in [9.17, 15) is 0 Å². The number of nitrogens with zero attached hydrogens (tertiary/aromatic N) is 1. The van der Waals surface area contributed by atoms with E-state index >= 15 is 0 Å². The summed E-state index contributed by atoms with van der Waals surface area (Å²) in [5, 5.41) is 0. The van der Waals surface area contributed by atoms with Gasteiger partial charge in [0.2, 0.25) is 0 Å². The first-order valence-corrected chi connectivity index (χ1v) is 6.62. The van der Waals surface area contributed by atoms with Gasteiger partial charge in [-0.1, -0.05) is 12.1 Å². The molecule has 0 amide bonds. The number of hydrogen-bond acceptors (Lipinski definition) is 4. The first-order chi connectivity index (χ1) is 9.76. The zero-order chi connectivity index (χ0) is 14.4. The molecule has 1 atom stereocenters. The lowest BCUT2D eigenvalue weighted by molar-refractivity contribution is 0.278. The molecule has 0 fully saturated rings. The predicted molar refractivity (Wildman–Crippen MR) is 78.9 cm³/mol. The summed E-state index contributed by atoms with van der Waals surface area (Å²) in [6.45, 7) is 1.69. The van der Waals surface area contributed by atoms with Crippen molar-refractivity contribution in [2.75, 3.05) is 20.3 Å².